The van der Waals surface area contributed by atoms with Crippen LogP contribution in [-0.4, -0.2) is 24.9 Å². The van der Waals surface area contributed by atoms with E-state index in [-0.39, 0.29) is 12.1 Å². The van der Waals surface area contributed by atoms with Gasteiger partial charge in [-0.2, -0.15) is 30.7 Å². The summed E-state index contributed by atoms with van der Waals surface area (Å²) in [4.78, 5) is 0. The van der Waals surface area contributed by atoms with Gasteiger partial charge in [0, 0.05) is 12.1 Å². The van der Waals surface area contributed by atoms with Gasteiger partial charge in [-0.15, -0.1) is 0 Å². The van der Waals surface area contributed by atoms with Crippen molar-refractivity contribution in [3.05, 3.63) is 64.5 Å². The van der Waals surface area contributed by atoms with E-state index in [2.05, 4.69) is 9.47 Å². The van der Waals surface area contributed by atoms with Crippen LogP contribution in [0, 0.1) is 17.5 Å². The standard InChI is InChI=1S/C23H20F10O3/c1-2-3-12-4-6-15(16(24)8-12)22(30,31)35-13-5-7-19(34-11-13)23(32,33)36-14-9-17(25)20(18(26)10-14)21(27,28)29/h4,6,8-10,13,19H,2-3,5,7,11H2,1H3. The minimum Gasteiger partial charge on any atom is -0.430 e. The Morgan fingerprint density at radius 1 is 0.889 bits per heavy atom. The summed E-state index contributed by atoms with van der Waals surface area (Å²) < 4.78 is 151. The number of benzene rings is 2. The fourth-order valence-corrected chi connectivity index (χ4v) is 3.70. The zero-order chi connectivity index (χ0) is 26.9. The molecule has 2 unspecified atom stereocenters. The smallest absolute Gasteiger partial charge is 0.424 e. The highest BCUT2D eigenvalue weighted by molar-refractivity contribution is 5.32. The normalized spacial score (nSPS) is 19.4. The van der Waals surface area contributed by atoms with Crippen molar-refractivity contribution >= 4 is 0 Å². The molecule has 1 saturated heterocycles. The lowest BCUT2D eigenvalue weighted by molar-refractivity contribution is -0.311. The van der Waals surface area contributed by atoms with Crippen molar-refractivity contribution in [3.8, 4) is 5.75 Å². The van der Waals surface area contributed by atoms with Gasteiger partial charge in [0.15, 0.2) is 6.10 Å². The van der Waals surface area contributed by atoms with Crippen molar-refractivity contribution in [1.29, 1.82) is 0 Å². The van der Waals surface area contributed by atoms with E-state index in [1.54, 1.807) is 0 Å². The highest BCUT2D eigenvalue weighted by Gasteiger charge is 2.48. The van der Waals surface area contributed by atoms with Crippen LogP contribution in [0.1, 0.15) is 42.9 Å². The van der Waals surface area contributed by atoms with Crippen molar-refractivity contribution in [1.82, 2.24) is 0 Å². The number of aryl methyl sites for hydroxylation is 1. The maximum atomic E-state index is 14.5. The fourth-order valence-electron chi connectivity index (χ4n) is 3.70. The molecule has 3 rings (SSSR count). The summed E-state index contributed by atoms with van der Waals surface area (Å²) in [7, 11) is 0. The zero-order valence-corrected chi connectivity index (χ0v) is 18.6. The van der Waals surface area contributed by atoms with Gasteiger partial charge < -0.3 is 14.2 Å². The Bertz CT molecular complexity index is 1040. The number of hydrogen-bond acceptors (Lipinski definition) is 3. The van der Waals surface area contributed by atoms with E-state index in [1.807, 2.05) is 6.92 Å². The molecule has 0 amide bonds. The Balaban J connectivity index is 1.63. The third-order valence-corrected chi connectivity index (χ3v) is 5.36. The number of alkyl halides is 7. The molecule has 13 heteroatoms. The molecule has 2 aromatic rings. The summed E-state index contributed by atoms with van der Waals surface area (Å²) in [6.07, 6.45) is -17.2. The molecule has 2 atom stereocenters. The second kappa shape index (κ2) is 10.4. The molecule has 0 spiro atoms. The van der Waals surface area contributed by atoms with Gasteiger partial charge in [-0.1, -0.05) is 19.4 Å². The lowest BCUT2D eigenvalue weighted by atomic mass is 10.0. The maximum absolute atomic E-state index is 14.5. The van der Waals surface area contributed by atoms with E-state index in [1.165, 1.54) is 6.07 Å². The number of ether oxygens (including phenoxy) is 3. The third-order valence-electron chi connectivity index (χ3n) is 5.36. The molecule has 36 heavy (non-hydrogen) atoms. The van der Waals surface area contributed by atoms with Crippen LogP contribution in [0.25, 0.3) is 0 Å². The largest absolute Gasteiger partial charge is 0.430 e. The van der Waals surface area contributed by atoms with Crippen molar-refractivity contribution in [3.63, 3.8) is 0 Å². The molecule has 3 nitrogen and oxygen atoms in total. The number of hydrogen-bond donors (Lipinski definition) is 0. The van der Waals surface area contributed by atoms with Crippen LogP contribution < -0.4 is 4.74 Å². The molecule has 0 bridgehead atoms. The van der Waals surface area contributed by atoms with Crippen LogP contribution >= 0.6 is 0 Å². The summed E-state index contributed by atoms with van der Waals surface area (Å²) in [6, 6.07) is 3.02. The summed E-state index contributed by atoms with van der Waals surface area (Å²) in [5.41, 5.74) is -2.80. The highest BCUT2D eigenvalue weighted by atomic mass is 19.4. The quantitative estimate of drug-likeness (QED) is 0.332. The molecule has 2 aromatic carbocycles. The molecule has 0 radical (unpaired) electrons. The lowest BCUT2D eigenvalue weighted by Crippen LogP contribution is -2.47. The number of rotatable bonds is 8. The maximum Gasteiger partial charge on any atom is 0.424 e. The predicted octanol–water partition coefficient (Wildman–Crippen LogP) is 7.36. The average molecular weight is 534 g/mol. The van der Waals surface area contributed by atoms with E-state index in [4.69, 9.17) is 4.74 Å². The van der Waals surface area contributed by atoms with Crippen molar-refractivity contribution < 1.29 is 58.1 Å². The van der Waals surface area contributed by atoms with Gasteiger partial charge in [0.25, 0.3) is 0 Å². The zero-order valence-electron chi connectivity index (χ0n) is 18.6. The Kier molecular flexibility index (Phi) is 8.13. The topological polar surface area (TPSA) is 27.7 Å². The first-order valence-electron chi connectivity index (χ1n) is 10.7. The van der Waals surface area contributed by atoms with E-state index in [0.717, 1.165) is 12.1 Å². The van der Waals surface area contributed by atoms with E-state index >= 15 is 0 Å². The highest BCUT2D eigenvalue weighted by Crippen LogP contribution is 2.39. The van der Waals surface area contributed by atoms with Crippen LogP contribution in [0.5, 0.6) is 5.75 Å². The average Bonchev–Trinajstić information content (AvgIpc) is 2.72. The first kappa shape index (κ1) is 28.0. The molecule has 1 aliphatic heterocycles. The second-order valence-electron chi connectivity index (χ2n) is 8.14. The van der Waals surface area contributed by atoms with Gasteiger partial charge in [0.2, 0.25) is 0 Å². The molecular weight excluding hydrogens is 514 g/mol. The van der Waals surface area contributed by atoms with E-state index in [0.29, 0.717) is 18.4 Å². The van der Waals surface area contributed by atoms with E-state index in [9.17, 15) is 43.9 Å². The molecule has 1 aliphatic rings. The summed E-state index contributed by atoms with van der Waals surface area (Å²) in [5.74, 6) is -6.76. The molecule has 200 valence electrons. The molecule has 0 N–H and O–H groups in total. The minimum atomic E-state index is -5.40. The van der Waals surface area contributed by atoms with Gasteiger partial charge in [-0.05, 0) is 37.0 Å². The van der Waals surface area contributed by atoms with Crippen LogP contribution in [-0.2, 0) is 28.2 Å². The predicted molar refractivity (Wildman–Crippen MR) is 105 cm³/mol. The van der Waals surface area contributed by atoms with Crippen molar-refractivity contribution in [2.75, 3.05) is 6.61 Å². The monoisotopic (exact) mass is 534 g/mol. The SMILES string of the molecule is CCCc1ccc(C(F)(F)OC2CCC(C(F)(F)Oc3cc(F)c(C(F)(F)F)c(F)c3)OC2)c(F)c1. The summed E-state index contributed by atoms with van der Waals surface area (Å²) in [6.45, 7) is 1.04. The molecule has 1 heterocycles. The number of halogens is 10. The van der Waals surface area contributed by atoms with Gasteiger partial charge in [0.1, 0.15) is 28.8 Å². The van der Waals surface area contributed by atoms with Crippen LogP contribution in [0.2, 0.25) is 0 Å². The molecule has 0 aromatic heterocycles. The molecule has 1 fully saturated rings. The Labute approximate surface area is 198 Å². The van der Waals surface area contributed by atoms with Crippen molar-refractivity contribution in [2.24, 2.45) is 0 Å². The fraction of sp³-hybridized carbons (Fsp3) is 0.478. The second-order valence-corrected chi connectivity index (χ2v) is 8.14. The van der Waals surface area contributed by atoms with Gasteiger partial charge in [-0.3, -0.25) is 0 Å². The molecule has 0 aliphatic carbocycles. The first-order chi connectivity index (χ1) is 16.6. The van der Waals surface area contributed by atoms with E-state index < -0.39 is 84.4 Å². The van der Waals surface area contributed by atoms with Gasteiger partial charge in [-0.25, -0.2) is 13.2 Å². The Hall–Kier alpha value is -2.54. The molecular formula is C23H20F10O3. The minimum absolute atomic E-state index is 0.0601. The lowest BCUT2D eigenvalue weighted by Gasteiger charge is -2.34. The summed E-state index contributed by atoms with van der Waals surface area (Å²) in [5, 5.41) is 0. The summed E-state index contributed by atoms with van der Waals surface area (Å²) >= 11 is 0. The third kappa shape index (κ3) is 6.41. The van der Waals surface area contributed by atoms with Crippen LogP contribution in [0.15, 0.2) is 30.3 Å². The Morgan fingerprint density at radius 2 is 1.53 bits per heavy atom. The van der Waals surface area contributed by atoms with Crippen LogP contribution in [0.4, 0.5) is 43.9 Å². The Morgan fingerprint density at radius 3 is 2.03 bits per heavy atom. The first-order valence-corrected chi connectivity index (χ1v) is 10.7. The van der Waals surface area contributed by atoms with Crippen molar-refractivity contribution in [2.45, 2.75) is 63.2 Å². The van der Waals surface area contributed by atoms with Gasteiger partial charge >= 0.3 is 18.4 Å². The van der Waals surface area contributed by atoms with Crippen LogP contribution in [0.3, 0.4) is 0 Å². The van der Waals surface area contributed by atoms with Gasteiger partial charge in [0.05, 0.1) is 18.3 Å². The molecule has 0 saturated carbocycles.